The van der Waals surface area contributed by atoms with Gasteiger partial charge in [0.2, 0.25) is 0 Å². The summed E-state index contributed by atoms with van der Waals surface area (Å²) in [5, 5.41) is 9.98. The highest BCUT2D eigenvalue weighted by Gasteiger charge is 2.22. The summed E-state index contributed by atoms with van der Waals surface area (Å²) < 4.78 is 0. The van der Waals surface area contributed by atoms with E-state index in [0.29, 0.717) is 0 Å². The van der Waals surface area contributed by atoms with Crippen LogP contribution in [0.5, 0.6) is 0 Å². The van der Waals surface area contributed by atoms with Crippen LogP contribution in [-0.4, -0.2) is 0 Å². The molecular weight excluding hydrogens is 711 g/mol. The van der Waals surface area contributed by atoms with E-state index in [4.69, 9.17) is 0 Å². The summed E-state index contributed by atoms with van der Waals surface area (Å²) in [6.07, 6.45) is 0. The van der Waals surface area contributed by atoms with Gasteiger partial charge in [0.25, 0.3) is 0 Å². The van der Waals surface area contributed by atoms with Crippen molar-refractivity contribution in [3.05, 3.63) is 237 Å². The molecule has 0 aliphatic carbocycles. The molecule has 0 radical (unpaired) electrons. The maximum Gasteiger partial charge on any atom is 0.0546 e. The zero-order valence-corrected chi connectivity index (χ0v) is 32.5. The number of para-hydroxylation sites is 1. The SMILES string of the molecule is c1ccc(-c2ccc(-c3ccccc3N(c3ccc(-c4c(-c5ccccc5)ccc5ccccc45)cc3)c3cccc4c5ccccc5c5ccccc5c34)cc2)cc1. The van der Waals surface area contributed by atoms with E-state index in [9.17, 15) is 0 Å². The average molecular weight is 750 g/mol. The first-order chi connectivity index (χ1) is 29.3. The number of hydrogen-bond acceptors (Lipinski definition) is 1. The van der Waals surface area contributed by atoms with E-state index in [1.807, 2.05) is 0 Å². The maximum atomic E-state index is 2.48. The lowest BCUT2D eigenvalue weighted by atomic mass is 9.89. The molecule has 276 valence electrons. The normalized spacial score (nSPS) is 11.4. The second-order valence-electron chi connectivity index (χ2n) is 15.2. The minimum Gasteiger partial charge on any atom is -0.309 e. The van der Waals surface area contributed by atoms with Crippen molar-refractivity contribution >= 4 is 60.2 Å². The number of nitrogens with zero attached hydrogens (tertiary/aromatic N) is 1. The topological polar surface area (TPSA) is 3.24 Å². The molecule has 0 aliphatic rings. The van der Waals surface area contributed by atoms with Crippen molar-refractivity contribution in [3.8, 4) is 44.5 Å². The molecule has 1 nitrogen and oxygen atoms in total. The van der Waals surface area contributed by atoms with Gasteiger partial charge in [0.1, 0.15) is 0 Å². The van der Waals surface area contributed by atoms with Crippen molar-refractivity contribution in [2.24, 2.45) is 0 Å². The van der Waals surface area contributed by atoms with Crippen LogP contribution in [0, 0.1) is 0 Å². The van der Waals surface area contributed by atoms with E-state index < -0.39 is 0 Å². The van der Waals surface area contributed by atoms with Gasteiger partial charge in [-0.15, -0.1) is 0 Å². The molecule has 0 unspecified atom stereocenters. The van der Waals surface area contributed by atoms with Gasteiger partial charge in [0, 0.05) is 16.6 Å². The highest BCUT2D eigenvalue weighted by atomic mass is 15.1. The second kappa shape index (κ2) is 14.6. The predicted octanol–water partition coefficient (Wildman–Crippen LogP) is 16.4. The predicted molar refractivity (Wildman–Crippen MR) is 253 cm³/mol. The molecule has 0 saturated carbocycles. The fourth-order valence-corrected chi connectivity index (χ4v) is 9.13. The van der Waals surface area contributed by atoms with Crippen LogP contribution in [0.3, 0.4) is 0 Å². The van der Waals surface area contributed by atoms with E-state index in [0.717, 1.165) is 17.1 Å². The van der Waals surface area contributed by atoms with Crippen molar-refractivity contribution in [1.82, 2.24) is 0 Å². The fourth-order valence-electron chi connectivity index (χ4n) is 9.13. The Morgan fingerprint density at radius 3 is 1.39 bits per heavy atom. The van der Waals surface area contributed by atoms with Crippen LogP contribution < -0.4 is 4.90 Å². The average Bonchev–Trinajstić information content (AvgIpc) is 3.32. The highest BCUT2D eigenvalue weighted by Crippen LogP contribution is 2.48. The van der Waals surface area contributed by atoms with Crippen LogP contribution in [0.2, 0.25) is 0 Å². The van der Waals surface area contributed by atoms with Crippen LogP contribution in [0.15, 0.2) is 237 Å². The summed E-state index contributed by atoms with van der Waals surface area (Å²) in [6, 6.07) is 86.2. The Labute approximate surface area is 344 Å². The Balaban J connectivity index is 1.15. The molecule has 0 aromatic heterocycles. The zero-order valence-electron chi connectivity index (χ0n) is 32.5. The Bertz CT molecular complexity index is 3250. The molecule has 11 aromatic rings. The summed E-state index contributed by atoms with van der Waals surface area (Å²) in [6.45, 7) is 0. The Morgan fingerprint density at radius 2 is 0.695 bits per heavy atom. The van der Waals surface area contributed by atoms with E-state index in [2.05, 4.69) is 241 Å². The fraction of sp³-hybridized carbons (Fsp3) is 0. The first-order valence-electron chi connectivity index (χ1n) is 20.3. The second-order valence-corrected chi connectivity index (χ2v) is 15.2. The quantitative estimate of drug-likeness (QED) is 0.147. The van der Waals surface area contributed by atoms with E-state index in [1.165, 1.54) is 87.6 Å². The van der Waals surface area contributed by atoms with Crippen LogP contribution in [0.4, 0.5) is 17.1 Å². The summed E-state index contributed by atoms with van der Waals surface area (Å²) in [4.78, 5) is 2.48. The van der Waals surface area contributed by atoms with Crippen molar-refractivity contribution < 1.29 is 0 Å². The van der Waals surface area contributed by atoms with Gasteiger partial charge in [0.05, 0.1) is 11.4 Å². The minimum atomic E-state index is 1.09. The number of hydrogen-bond donors (Lipinski definition) is 0. The van der Waals surface area contributed by atoms with E-state index >= 15 is 0 Å². The molecule has 0 bridgehead atoms. The molecule has 0 amide bonds. The third-order valence-electron chi connectivity index (χ3n) is 11.9. The first kappa shape index (κ1) is 34.5. The number of fused-ring (bicyclic) bond motifs is 7. The summed E-state index contributed by atoms with van der Waals surface area (Å²) in [5.74, 6) is 0. The number of rotatable bonds is 7. The molecule has 0 fully saturated rings. The van der Waals surface area contributed by atoms with Crippen molar-refractivity contribution in [2.75, 3.05) is 4.90 Å². The van der Waals surface area contributed by atoms with Crippen molar-refractivity contribution in [3.63, 3.8) is 0 Å². The Kier molecular flexibility index (Phi) is 8.56. The largest absolute Gasteiger partial charge is 0.309 e. The minimum absolute atomic E-state index is 1.09. The van der Waals surface area contributed by atoms with Gasteiger partial charge in [-0.1, -0.05) is 212 Å². The van der Waals surface area contributed by atoms with Crippen LogP contribution >= 0.6 is 0 Å². The van der Waals surface area contributed by atoms with Crippen molar-refractivity contribution in [1.29, 1.82) is 0 Å². The summed E-state index contributed by atoms with van der Waals surface area (Å²) in [7, 11) is 0. The maximum absolute atomic E-state index is 2.48. The summed E-state index contributed by atoms with van der Waals surface area (Å²) in [5.41, 5.74) is 13.0. The van der Waals surface area contributed by atoms with Gasteiger partial charge in [-0.25, -0.2) is 0 Å². The standard InChI is InChI=1S/C58H39N/c1-3-16-40(17-4-1)41-30-32-44(33-31-41)47-21-13-14-28-55(47)59(56-29-15-27-54-52-24-10-9-23-50(52)51-25-11-12-26-53(51)58(54)56)46-37-34-45(35-38-46)57-48-22-8-7-20-43(48)36-39-49(57)42-18-5-2-6-19-42/h1-39H. The van der Waals surface area contributed by atoms with Crippen LogP contribution in [-0.2, 0) is 0 Å². The van der Waals surface area contributed by atoms with Gasteiger partial charge in [-0.2, -0.15) is 0 Å². The zero-order chi connectivity index (χ0) is 39.1. The van der Waals surface area contributed by atoms with Gasteiger partial charge in [0.15, 0.2) is 0 Å². The molecule has 0 aliphatic heterocycles. The lowest BCUT2D eigenvalue weighted by Gasteiger charge is -2.30. The Morgan fingerprint density at radius 1 is 0.237 bits per heavy atom. The van der Waals surface area contributed by atoms with Gasteiger partial charge < -0.3 is 4.90 Å². The summed E-state index contributed by atoms with van der Waals surface area (Å²) >= 11 is 0. The smallest absolute Gasteiger partial charge is 0.0546 e. The molecule has 0 N–H and O–H groups in total. The Hall–Kier alpha value is -7.74. The molecule has 1 heteroatoms. The van der Waals surface area contributed by atoms with Gasteiger partial charge in [-0.05, 0) is 101 Å². The number of anilines is 3. The van der Waals surface area contributed by atoms with E-state index in [1.54, 1.807) is 0 Å². The molecule has 59 heavy (non-hydrogen) atoms. The van der Waals surface area contributed by atoms with Crippen molar-refractivity contribution in [2.45, 2.75) is 0 Å². The molecule has 11 rings (SSSR count). The number of benzene rings is 11. The van der Waals surface area contributed by atoms with Crippen LogP contribution in [0.1, 0.15) is 0 Å². The molecule has 0 saturated heterocycles. The molecule has 11 aromatic carbocycles. The molecular formula is C58H39N. The van der Waals surface area contributed by atoms with E-state index in [-0.39, 0.29) is 0 Å². The lowest BCUT2D eigenvalue weighted by molar-refractivity contribution is 1.30. The molecule has 0 spiro atoms. The van der Waals surface area contributed by atoms with Gasteiger partial charge >= 0.3 is 0 Å². The molecule has 0 heterocycles. The lowest BCUT2D eigenvalue weighted by Crippen LogP contribution is -2.12. The monoisotopic (exact) mass is 749 g/mol. The highest BCUT2D eigenvalue weighted by molar-refractivity contribution is 6.29. The first-order valence-corrected chi connectivity index (χ1v) is 20.3. The third kappa shape index (κ3) is 6.04. The van der Waals surface area contributed by atoms with Gasteiger partial charge in [-0.3, -0.25) is 0 Å². The van der Waals surface area contributed by atoms with Crippen LogP contribution in [0.25, 0.3) is 87.6 Å². The third-order valence-corrected chi connectivity index (χ3v) is 11.9. The molecule has 0 atom stereocenters.